The fourth-order valence-electron chi connectivity index (χ4n) is 4.99. The summed E-state index contributed by atoms with van der Waals surface area (Å²) in [6.07, 6.45) is 12.4. The van der Waals surface area contributed by atoms with Crippen LogP contribution in [0.3, 0.4) is 0 Å². The van der Waals surface area contributed by atoms with Crippen LogP contribution in [0.2, 0.25) is 0 Å². The summed E-state index contributed by atoms with van der Waals surface area (Å²) in [7, 11) is 0. The van der Waals surface area contributed by atoms with Crippen LogP contribution in [0.25, 0.3) is 11.7 Å². The number of amides is 1. The standard InChI is InChI=1S/C24H28N4O2S2/c1-16-10-11-20-25-21(26-12-6-3-7-13-26)18(22(29)27(20)15-16)14-19-23(30)28(24(31)32-19)17-8-4-2-5-9-17/h10-11,14-15,17H,2-9,12-13H2,1H3/b19-14+. The molecule has 0 bridgehead atoms. The Balaban J connectivity index is 1.60. The number of fused-ring (bicyclic) bond motifs is 1. The highest BCUT2D eigenvalue weighted by Crippen LogP contribution is 2.38. The van der Waals surface area contributed by atoms with Crippen LogP contribution in [0.15, 0.2) is 28.0 Å². The second-order valence-corrected chi connectivity index (χ2v) is 10.7. The molecule has 2 aromatic rings. The molecule has 1 aliphatic carbocycles. The third-order valence-corrected chi connectivity index (χ3v) is 8.01. The van der Waals surface area contributed by atoms with Crippen LogP contribution >= 0.6 is 24.0 Å². The Morgan fingerprint density at radius 3 is 2.53 bits per heavy atom. The lowest BCUT2D eigenvalue weighted by Crippen LogP contribution is -2.39. The zero-order chi connectivity index (χ0) is 22.2. The number of pyridine rings is 1. The first-order chi connectivity index (χ1) is 15.5. The summed E-state index contributed by atoms with van der Waals surface area (Å²) in [6, 6.07) is 4.04. The molecule has 0 N–H and O–H groups in total. The van der Waals surface area contributed by atoms with Crippen molar-refractivity contribution in [3.8, 4) is 0 Å². The summed E-state index contributed by atoms with van der Waals surface area (Å²) in [5.41, 5.74) is 1.97. The maximum Gasteiger partial charge on any atom is 0.267 e. The van der Waals surface area contributed by atoms with Gasteiger partial charge in [-0.15, -0.1) is 0 Å². The van der Waals surface area contributed by atoms with E-state index in [-0.39, 0.29) is 17.5 Å². The Hall–Kier alpha value is -2.19. The number of carbonyl (C=O) groups excluding carboxylic acids is 1. The molecule has 4 heterocycles. The maximum atomic E-state index is 13.6. The van der Waals surface area contributed by atoms with E-state index in [4.69, 9.17) is 17.2 Å². The van der Waals surface area contributed by atoms with Gasteiger partial charge < -0.3 is 4.90 Å². The second-order valence-electron chi connectivity index (χ2n) is 8.98. The van der Waals surface area contributed by atoms with E-state index in [9.17, 15) is 9.59 Å². The van der Waals surface area contributed by atoms with Crippen molar-refractivity contribution >= 4 is 51.7 Å². The van der Waals surface area contributed by atoms with Crippen LogP contribution < -0.4 is 10.5 Å². The van der Waals surface area contributed by atoms with Gasteiger partial charge >= 0.3 is 0 Å². The molecule has 3 aliphatic rings. The number of thiocarbonyl (C=S) groups is 1. The molecule has 6 nitrogen and oxygen atoms in total. The van der Waals surface area contributed by atoms with E-state index in [1.54, 1.807) is 15.4 Å². The molecule has 2 aliphatic heterocycles. The number of carbonyl (C=O) groups is 1. The van der Waals surface area contributed by atoms with Gasteiger partial charge in [-0.25, -0.2) is 4.98 Å². The van der Waals surface area contributed by atoms with Crippen LogP contribution in [0.5, 0.6) is 0 Å². The predicted molar refractivity (Wildman–Crippen MR) is 134 cm³/mol. The zero-order valence-corrected chi connectivity index (χ0v) is 20.0. The van der Waals surface area contributed by atoms with Crippen LogP contribution in [0, 0.1) is 6.92 Å². The van der Waals surface area contributed by atoms with Crippen molar-refractivity contribution in [3.63, 3.8) is 0 Å². The van der Waals surface area contributed by atoms with Gasteiger partial charge in [0.2, 0.25) is 0 Å². The number of piperidine rings is 1. The Labute approximate surface area is 197 Å². The second kappa shape index (κ2) is 8.98. The van der Waals surface area contributed by atoms with Crippen molar-refractivity contribution in [1.29, 1.82) is 0 Å². The number of aryl methyl sites for hydroxylation is 1. The van der Waals surface area contributed by atoms with Crippen LogP contribution in [-0.2, 0) is 4.79 Å². The molecule has 0 radical (unpaired) electrons. The minimum Gasteiger partial charge on any atom is -0.356 e. The summed E-state index contributed by atoms with van der Waals surface area (Å²) in [5, 5.41) is 0. The van der Waals surface area contributed by atoms with Gasteiger partial charge in [0, 0.05) is 25.3 Å². The highest BCUT2D eigenvalue weighted by molar-refractivity contribution is 8.26. The molecule has 2 aromatic heterocycles. The SMILES string of the molecule is Cc1ccc2nc(N3CCCCC3)c(/C=C3/SC(=S)N(C4CCCCC4)C3=O)c(=O)n2c1. The average molecular weight is 469 g/mol. The minimum atomic E-state index is -0.137. The van der Waals surface area contributed by atoms with E-state index < -0.39 is 0 Å². The number of anilines is 1. The van der Waals surface area contributed by atoms with Crippen molar-refractivity contribution in [1.82, 2.24) is 14.3 Å². The lowest BCUT2D eigenvalue weighted by Gasteiger charge is -2.30. The number of hydrogen-bond acceptors (Lipinski definition) is 6. The summed E-state index contributed by atoms with van der Waals surface area (Å²) in [6.45, 7) is 3.70. The van der Waals surface area contributed by atoms with Gasteiger partial charge in [0.1, 0.15) is 15.8 Å². The number of nitrogens with zero attached hydrogens (tertiary/aromatic N) is 4. The molecular formula is C24H28N4O2S2. The molecule has 0 atom stereocenters. The molecule has 5 rings (SSSR count). The quantitative estimate of drug-likeness (QED) is 0.487. The van der Waals surface area contributed by atoms with Crippen molar-refractivity contribution in [2.24, 2.45) is 0 Å². The number of thioether (sulfide) groups is 1. The summed E-state index contributed by atoms with van der Waals surface area (Å²) in [5.74, 6) is 0.617. The molecular weight excluding hydrogens is 440 g/mol. The average Bonchev–Trinajstić information content (AvgIpc) is 3.09. The number of hydrogen-bond donors (Lipinski definition) is 0. The van der Waals surface area contributed by atoms with Crippen molar-refractivity contribution in [2.75, 3.05) is 18.0 Å². The predicted octanol–water partition coefficient (Wildman–Crippen LogP) is 4.53. The normalized spacial score (nSPS) is 21.8. The van der Waals surface area contributed by atoms with E-state index in [0.29, 0.717) is 26.3 Å². The molecule has 3 fully saturated rings. The van der Waals surface area contributed by atoms with Gasteiger partial charge in [-0.3, -0.25) is 18.9 Å². The van der Waals surface area contributed by atoms with Gasteiger partial charge in [-0.2, -0.15) is 0 Å². The summed E-state index contributed by atoms with van der Waals surface area (Å²) in [4.78, 5) is 36.3. The Morgan fingerprint density at radius 2 is 1.78 bits per heavy atom. The maximum absolute atomic E-state index is 13.6. The van der Waals surface area contributed by atoms with E-state index in [2.05, 4.69) is 4.90 Å². The molecule has 8 heteroatoms. The smallest absolute Gasteiger partial charge is 0.267 e. The van der Waals surface area contributed by atoms with Gasteiger partial charge in [0.05, 0.1) is 10.5 Å². The highest BCUT2D eigenvalue weighted by atomic mass is 32.2. The zero-order valence-electron chi connectivity index (χ0n) is 18.4. The van der Waals surface area contributed by atoms with Gasteiger partial charge in [-0.1, -0.05) is 49.3 Å². The van der Waals surface area contributed by atoms with Gasteiger partial charge in [0.25, 0.3) is 11.5 Å². The first-order valence-electron chi connectivity index (χ1n) is 11.6. The van der Waals surface area contributed by atoms with Crippen LogP contribution in [0.4, 0.5) is 5.82 Å². The fourth-order valence-corrected chi connectivity index (χ4v) is 6.37. The van der Waals surface area contributed by atoms with Gasteiger partial charge in [0.15, 0.2) is 0 Å². The lowest BCUT2D eigenvalue weighted by molar-refractivity contribution is -0.124. The van der Waals surface area contributed by atoms with Crippen LogP contribution in [-0.4, -0.2) is 43.6 Å². The summed E-state index contributed by atoms with van der Waals surface area (Å²) >= 11 is 6.91. The topological polar surface area (TPSA) is 57.9 Å². The largest absolute Gasteiger partial charge is 0.356 e. The molecule has 168 valence electrons. The third-order valence-electron chi connectivity index (χ3n) is 6.68. The summed E-state index contributed by atoms with van der Waals surface area (Å²) < 4.78 is 2.20. The number of aromatic nitrogens is 2. The van der Waals surface area contributed by atoms with Crippen molar-refractivity contribution in [2.45, 2.75) is 64.3 Å². The monoisotopic (exact) mass is 468 g/mol. The lowest BCUT2D eigenvalue weighted by atomic mass is 9.94. The van der Waals surface area contributed by atoms with E-state index in [1.165, 1.54) is 24.6 Å². The first kappa shape index (κ1) is 21.6. The van der Waals surface area contributed by atoms with E-state index in [1.807, 2.05) is 25.3 Å². The molecule has 2 saturated heterocycles. The number of rotatable bonds is 3. The Morgan fingerprint density at radius 1 is 1.06 bits per heavy atom. The molecule has 1 amide bonds. The molecule has 1 saturated carbocycles. The fraction of sp³-hybridized carbons (Fsp3) is 0.500. The van der Waals surface area contributed by atoms with Crippen molar-refractivity contribution < 1.29 is 4.79 Å². The Kier molecular flexibility index (Phi) is 6.07. The van der Waals surface area contributed by atoms with Gasteiger partial charge in [-0.05, 0) is 56.7 Å². The highest BCUT2D eigenvalue weighted by Gasteiger charge is 2.38. The first-order valence-corrected chi connectivity index (χ1v) is 12.8. The van der Waals surface area contributed by atoms with E-state index >= 15 is 0 Å². The third kappa shape index (κ3) is 3.99. The minimum absolute atomic E-state index is 0.0646. The molecule has 0 unspecified atom stereocenters. The molecule has 0 aromatic carbocycles. The van der Waals surface area contributed by atoms with Crippen LogP contribution in [0.1, 0.15) is 62.5 Å². The van der Waals surface area contributed by atoms with E-state index in [0.717, 1.165) is 57.2 Å². The molecule has 32 heavy (non-hydrogen) atoms. The molecule has 0 spiro atoms. The van der Waals surface area contributed by atoms with Crippen molar-refractivity contribution in [3.05, 3.63) is 44.7 Å². The Bertz CT molecular complexity index is 1160.